The summed E-state index contributed by atoms with van der Waals surface area (Å²) in [6.45, 7) is 3.74. The number of nitrogens with one attached hydrogen (secondary N) is 1. The van der Waals surface area contributed by atoms with Crippen LogP contribution in [0.4, 0.5) is 0 Å². The van der Waals surface area contributed by atoms with Crippen molar-refractivity contribution >= 4 is 68.1 Å². The second-order valence-electron chi connectivity index (χ2n) is 8.76. The smallest absolute Gasteiger partial charge is 0.283 e. The van der Waals surface area contributed by atoms with Gasteiger partial charge in [-0.05, 0) is 43.7 Å². The molecule has 3 N–H and O–H groups in total. The van der Waals surface area contributed by atoms with Crippen molar-refractivity contribution in [2.24, 2.45) is 10.7 Å². The first-order valence-corrected chi connectivity index (χ1v) is 15.9. The summed E-state index contributed by atoms with van der Waals surface area (Å²) in [5.74, 6) is -0.564. The van der Waals surface area contributed by atoms with Crippen molar-refractivity contribution in [3.63, 3.8) is 0 Å². The molecule has 0 aliphatic carbocycles. The molecule has 0 unspecified atom stereocenters. The van der Waals surface area contributed by atoms with Crippen molar-refractivity contribution < 1.29 is 22.7 Å². The van der Waals surface area contributed by atoms with Crippen LogP contribution in [0.25, 0.3) is 10.9 Å². The molecule has 0 atom stereocenters. The number of pyridine rings is 1. The van der Waals surface area contributed by atoms with E-state index in [4.69, 9.17) is 15.2 Å². The average Bonchev–Trinajstić information content (AvgIpc) is 3.15. The Labute approximate surface area is 222 Å². The summed E-state index contributed by atoms with van der Waals surface area (Å²) in [6, 6.07) is 12.2. The number of amides is 1. The lowest BCUT2D eigenvalue weighted by molar-refractivity contribution is 0.0977. The Balaban J connectivity index is 1.48. The van der Waals surface area contributed by atoms with Gasteiger partial charge >= 0.3 is 0 Å². The molecule has 0 bridgehead atoms. The maximum Gasteiger partial charge on any atom is 0.283 e. The van der Waals surface area contributed by atoms with Crippen molar-refractivity contribution in [2.45, 2.75) is 30.8 Å². The maximum absolute atomic E-state index is 13.4. The Bertz CT molecular complexity index is 1580. The Morgan fingerprint density at radius 2 is 2.03 bits per heavy atom. The van der Waals surface area contributed by atoms with Crippen LogP contribution in [-0.2, 0) is 16.4 Å². The predicted octanol–water partition coefficient (Wildman–Crippen LogP) is 3.54. The molecular formula is C24H23IN4O5S2. The van der Waals surface area contributed by atoms with Gasteiger partial charge in [0, 0.05) is 17.4 Å². The van der Waals surface area contributed by atoms with E-state index in [1.165, 1.54) is 13.2 Å². The van der Waals surface area contributed by atoms with E-state index < -0.39 is 21.5 Å². The number of amidine groups is 1. The lowest BCUT2D eigenvalue weighted by Crippen LogP contribution is -2.32. The molecule has 9 nitrogen and oxygen atoms in total. The molecule has 2 aromatic carbocycles. The van der Waals surface area contributed by atoms with Gasteiger partial charge < -0.3 is 15.2 Å². The number of ether oxygens (including phenoxy) is 2. The number of rotatable bonds is 5. The van der Waals surface area contributed by atoms with Crippen LogP contribution in [0.2, 0.25) is 0 Å². The number of aliphatic imine (C=N–C) groups is 1. The van der Waals surface area contributed by atoms with Crippen LogP contribution >= 0.6 is 32.5 Å². The minimum atomic E-state index is -4.33. The molecule has 188 valence electrons. The van der Waals surface area contributed by atoms with Crippen LogP contribution < -0.4 is 19.9 Å². The second-order valence-corrected chi connectivity index (χ2v) is 15.0. The third-order valence-corrected chi connectivity index (χ3v) is 11.0. The van der Waals surface area contributed by atoms with Gasteiger partial charge in [0.1, 0.15) is 26.4 Å². The molecule has 0 saturated heterocycles. The Kier molecular flexibility index (Phi) is 6.45. The van der Waals surface area contributed by atoms with Crippen LogP contribution in [0.3, 0.4) is 0 Å². The fourth-order valence-corrected chi connectivity index (χ4v) is 9.63. The Hall–Kier alpha value is -2.71. The standard InChI is InChI=1S/C24H23IN4O5S2/c1-24(2)11-13-7-10-18(33-3)20(19(13)34-24)36(31,32)29-22(30)17-9-8-14-15(5-4-6-16(14)27-17)21-25-12-35-23(26)28-21/h4-10H,11-12H2,1-3H3,(H2,26,28)(H,29,30). The summed E-state index contributed by atoms with van der Waals surface area (Å²) in [4.78, 5) is 21.8. The largest absolute Gasteiger partial charge is 0.495 e. The zero-order valence-electron chi connectivity index (χ0n) is 19.7. The number of fused-ring (bicyclic) bond motifs is 2. The highest BCUT2D eigenvalue weighted by Gasteiger charge is 2.38. The normalized spacial score (nSPS) is 16.8. The van der Waals surface area contributed by atoms with Gasteiger partial charge in [-0.25, -0.2) is 23.1 Å². The van der Waals surface area contributed by atoms with Gasteiger partial charge in [-0.1, -0.05) is 50.7 Å². The SMILES string of the molecule is COc1ccc2c(c1S(=O)(=O)NC(=O)c1ccc3c(C4=ICSC(N)=N4)cccc3n1)OC(C)(C)C2. The van der Waals surface area contributed by atoms with Gasteiger partial charge in [0.25, 0.3) is 15.9 Å². The van der Waals surface area contributed by atoms with E-state index in [-0.39, 0.29) is 42.8 Å². The van der Waals surface area contributed by atoms with E-state index in [9.17, 15) is 13.2 Å². The molecular weight excluding hydrogens is 615 g/mol. The Morgan fingerprint density at radius 1 is 1.22 bits per heavy atom. The number of methoxy groups -OCH3 is 1. The maximum atomic E-state index is 13.4. The zero-order chi connectivity index (χ0) is 25.7. The number of aromatic nitrogens is 1. The number of thioether (sulfide) groups is 1. The molecule has 2 aliphatic rings. The molecule has 5 rings (SSSR count). The van der Waals surface area contributed by atoms with Gasteiger partial charge in [0.15, 0.2) is 10.1 Å². The lowest BCUT2D eigenvalue weighted by Gasteiger charge is -2.19. The van der Waals surface area contributed by atoms with E-state index in [0.29, 0.717) is 17.1 Å². The van der Waals surface area contributed by atoms with Crippen molar-refractivity contribution in [2.75, 3.05) is 10.9 Å². The fourth-order valence-electron chi connectivity index (χ4n) is 4.14. The summed E-state index contributed by atoms with van der Waals surface area (Å²) < 4.78 is 42.0. The minimum Gasteiger partial charge on any atom is -0.495 e. The first-order valence-electron chi connectivity index (χ1n) is 10.9. The van der Waals surface area contributed by atoms with Gasteiger partial charge in [-0.2, -0.15) is 0 Å². The number of carbonyl (C=O) groups excluding carboxylic acids is 1. The van der Waals surface area contributed by atoms with Gasteiger partial charge in [-0.15, -0.1) is 0 Å². The quantitative estimate of drug-likeness (QED) is 0.321. The third kappa shape index (κ3) is 4.68. The molecule has 1 aromatic heterocycles. The number of nitrogens with two attached hydrogens (primary N) is 1. The number of sulfonamides is 1. The summed E-state index contributed by atoms with van der Waals surface area (Å²) in [5.41, 5.74) is 7.53. The average molecular weight is 639 g/mol. The van der Waals surface area contributed by atoms with Crippen molar-refractivity contribution in [3.8, 4) is 11.5 Å². The summed E-state index contributed by atoms with van der Waals surface area (Å²) in [6.07, 6.45) is 0.535. The molecule has 3 heterocycles. The molecule has 1 amide bonds. The van der Waals surface area contributed by atoms with E-state index in [1.54, 1.807) is 36.0 Å². The van der Waals surface area contributed by atoms with Gasteiger partial charge in [-0.3, -0.25) is 4.79 Å². The highest BCUT2D eigenvalue weighted by Crippen LogP contribution is 2.44. The van der Waals surface area contributed by atoms with Gasteiger partial charge in [0.2, 0.25) is 0 Å². The topological polar surface area (TPSA) is 133 Å². The van der Waals surface area contributed by atoms with Gasteiger partial charge in [0.05, 0.1) is 16.4 Å². The molecule has 0 fully saturated rings. The first-order chi connectivity index (χ1) is 17.1. The van der Waals surface area contributed by atoms with Crippen molar-refractivity contribution in [1.82, 2.24) is 9.71 Å². The molecule has 36 heavy (non-hydrogen) atoms. The van der Waals surface area contributed by atoms with Crippen molar-refractivity contribution in [3.05, 3.63) is 59.3 Å². The second kappa shape index (κ2) is 9.30. The summed E-state index contributed by atoms with van der Waals surface area (Å²) in [5, 5.41) is 1.37. The lowest BCUT2D eigenvalue weighted by atomic mass is 10.0. The third-order valence-electron chi connectivity index (χ3n) is 5.65. The molecule has 3 aromatic rings. The highest BCUT2D eigenvalue weighted by atomic mass is 127. The van der Waals surface area contributed by atoms with Crippen LogP contribution in [0.1, 0.15) is 35.5 Å². The molecule has 12 heteroatoms. The van der Waals surface area contributed by atoms with E-state index >= 15 is 0 Å². The summed E-state index contributed by atoms with van der Waals surface area (Å²) in [7, 11) is -2.96. The molecule has 2 aliphatic heterocycles. The highest BCUT2D eigenvalue weighted by molar-refractivity contribution is 14.2. The number of alkyl halides is 1. The monoisotopic (exact) mass is 638 g/mol. The number of carbonyl (C=O) groups is 1. The van der Waals surface area contributed by atoms with Crippen LogP contribution in [0.15, 0.2) is 52.4 Å². The Morgan fingerprint density at radius 3 is 2.78 bits per heavy atom. The minimum absolute atomic E-state index is 0.0297. The number of benzene rings is 2. The van der Waals surface area contributed by atoms with Crippen LogP contribution in [0, 0.1) is 0 Å². The fraction of sp³-hybridized carbons (Fsp3) is 0.250. The first kappa shape index (κ1) is 25.0. The van der Waals surface area contributed by atoms with Crippen LogP contribution in [0.5, 0.6) is 11.5 Å². The number of hydrogen-bond donors (Lipinski definition) is 2. The number of hydrogen-bond acceptors (Lipinski definition) is 9. The molecule has 0 spiro atoms. The van der Waals surface area contributed by atoms with Crippen molar-refractivity contribution in [1.29, 1.82) is 0 Å². The van der Waals surface area contributed by atoms with E-state index in [2.05, 4.69) is 14.7 Å². The number of halogens is 1. The zero-order valence-corrected chi connectivity index (χ0v) is 23.5. The van der Waals surface area contributed by atoms with Crippen LogP contribution in [-0.4, -0.2) is 44.6 Å². The predicted molar refractivity (Wildman–Crippen MR) is 150 cm³/mol. The number of nitrogens with zero attached hydrogens (tertiary/aromatic N) is 2. The van der Waals surface area contributed by atoms with E-state index in [0.717, 1.165) is 23.9 Å². The van der Waals surface area contributed by atoms with E-state index in [1.807, 2.05) is 26.0 Å². The summed E-state index contributed by atoms with van der Waals surface area (Å²) >= 11 is 1.24. The molecule has 0 radical (unpaired) electrons. The molecule has 0 saturated carbocycles.